The Labute approximate surface area is 97.3 Å². The zero-order valence-corrected chi connectivity index (χ0v) is 10.5. The van der Waals surface area contributed by atoms with E-state index < -0.39 is 0 Å². The maximum absolute atomic E-state index is 3.31. The van der Waals surface area contributed by atoms with E-state index in [1.807, 2.05) is 7.05 Å². The summed E-state index contributed by atoms with van der Waals surface area (Å²) in [7, 11) is 2.01. The zero-order chi connectivity index (χ0) is 11.7. The van der Waals surface area contributed by atoms with Crippen molar-refractivity contribution < 1.29 is 0 Å². The molecule has 0 aliphatic heterocycles. The van der Waals surface area contributed by atoms with Gasteiger partial charge in [-0.1, -0.05) is 18.2 Å². The highest BCUT2D eigenvalue weighted by molar-refractivity contribution is 5.84. The van der Waals surface area contributed by atoms with Crippen molar-refractivity contribution in [2.24, 2.45) is 0 Å². The van der Waals surface area contributed by atoms with Gasteiger partial charge in [0.05, 0.1) is 0 Å². The molecule has 1 atom stereocenters. The number of hydrogen-bond donors (Lipinski definition) is 1. The normalized spacial score (nSPS) is 13.6. The molecule has 2 rings (SSSR count). The van der Waals surface area contributed by atoms with Crippen LogP contribution in [0.4, 0.5) is 0 Å². The molecule has 1 aromatic carbocycles. The van der Waals surface area contributed by atoms with E-state index in [9.17, 15) is 0 Å². The minimum atomic E-state index is 0.393. The van der Waals surface area contributed by atoms with E-state index >= 15 is 0 Å². The second-order valence-corrected chi connectivity index (χ2v) is 4.61. The lowest BCUT2D eigenvalue weighted by molar-refractivity contribution is 0.608. The van der Waals surface area contributed by atoms with Crippen molar-refractivity contribution in [3.05, 3.63) is 36.0 Å². The first-order chi connectivity index (χ1) is 7.65. The van der Waals surface area contributed by atoms with Gasteiger partial charge in [0, 0.05) is 29.2 Å². The molecule has 2 nitrogen and oxygen atoms in total. The zero-order valence-electron chi connectivity index (χ0n) is 10.5. The Morgan fingerprint density at radius 3 is 2.44 bits per heavy atom. The highest BCUT2D eigenvalue weighted by atomic mass is 15.0. The average Bonchev–Trinajstić information content (AvgIpc) is 2.67. The second kappa shape index (κ2) is 4.30. The summed E-state index contributed by atoms with van der Waals surface area (Å²) in [6.07, 6.45) is 2.27. The Morgan fingerprint density at radius 2 is 1.81 bits per heavy atom. The first-order valence-corrected chi connectivity index (χ1v) is 5.92. The van der Waals surface area contributed by atoms with Crippen LogP contribution in [0.5, 0.6) is 0 Å². The predicted molar refractivity (Wildman–Crippen MR) is 69.8 cm³/mol. The van der Waals surface area contributed by atoms with E-state index in [1.165, 1.54) is 16.5 Å². The fourth-order valence-corrected chi connectivity index (χ4v) is 2.16. The number of para-hydroxylation sites is 1. The number of rotatable bonds is 3. The second-order valence-electron chi connectivity index (χ2n) is 4.61. The van der Waals surface area contributed by atoms with Crippen molar-refractivity contribution in [2.75, 3.05) is 7.05 Å². The number of benzene rings is 1. The number of nitrogens with zero attached hydrogens (tertiary/aromatic N) is 1. The van der Waals surface area contributed by atoms with E-state index in [1.54, 1.807) is 0 Å². The van der Waals surface area contributed by atoms with Crippen molar-refractivity contribution >= 4 is 10.9 Å². The van der Waals surface area contributed by atoms with Crippen LogP contribution < -0.4 is 5.32 Å². The van der Waals surface area contributed by atoms with Crippen LogP contribution in [0.15, 0.2) is 30.5 Å². The van der Waals surface area contributed by atoms with Crippen molar-refractivity contribution in [3.63, 3.8) is 0 Å². The topological polar surface area (TPSA) is 17.0 Å². The molecule has 1 heterocycles. The van der Waals surface area contributed by atoms with E-state index in [4.69, 9.17) is 0 Å². The van der Waals surface area contributed by atoms with Gasteiger partial charge in [-0.3, -0.25) is 0 Å². The highest BCUT2D eigenvalue weighted by Gasteiger charge is 2.13. The molecule has 16 heavy (non-hydrogen) atoms. The highest BCUT2D eigenvalue weighted by Crippen LogP contribution is 2.28. The Hall–Kier alpha value is -1.28. The van der Waals surface area contributed by atoms with Crippen molar-refractivity contribution in [2.45, 2.75) is 32.9 Å². The molecule has 1 N–H and O–H groups in total. The lowest BCUT2D eigenvalue weighted by atomic mass is 10.1. The monoisotopic (exact) mass is 216 g/mol. The summed E-state index contributed by atoms with van der Waals surface area (Å²) in [4.78, 5) is 0. The fourth-order valence-electron chi connectivity index (χ4n) is 2.16. The standard InChI is InChI=1S/C14H20N2/c1-10(2)16-9-13(11(3)15-4)12-7-5-6-8-14(12)16/h5-11,15H,1-4H3. The van der Waals surface area contributed by atoms with Gasteiger partial charge in [-0.2, -0.15) is 0 Å². The molecule has 86 valence electrons. The fraction of sp³-hybridized carbons (Fsp3) is 0.429. The van der Waals surface area contributed by atoms with Gasteiger partial charge in [-0.05, 0) is 39.4 Å². The molecule has 0 spiro atoms. The Kier molecular flexibility index (Phi) is 3.01. The van der Waals surface area contributed by atoms with Gasteiger partial charge in [-0.25, -0.2) is 0 Å². The van der Waals surface area contributed by atoms with E-state index in [0.717, 1.165) is 0 Å². The Balaban J connectivity index is 2.66. The van der Waals surface area contributed by atoms with E-state index in [2.05, 4.69) is 61.1 Å². The largest absolute Gasteiger partial charge is 0.345 e. The Bertz CT molecular complexity index is 482. The van der Waals surface area contributed by atoms with Gasteiger partial charge in [-0.15, -0.1) is 0 Å². The predicted octanol–water partition coefficient (Wildman–Crippen LogP) is 3.50. The lowest BCUT2D eigenvalue weighted by Crippen LogP contribution is -2.11. The van der Waals surface area contributed by atoms with Crippen LogP contribution in [0.1, 0.15) is 38.4 Å². The van der Waals surface area contributed by atoms with Crippen LogP contribution in [-0.4, -0.2) is 11.6 Å². The minimum Gasteiger partial charge on any atom is -0.345 e. The van der Waals surface area contributed by atoms with E-state index in [-0.39, 0.29) is 0 Å². The third kappa shape index (κ3) is 1.74. The number of nitrogens with one attached hydrogen (secondary N) is 1. The molecule has 0 saturated carbocycles. The van der Waals surface area contributed by atoms with Crippen molar-refractivity contribution in [1.82, 2.24) is 9.88 Å². The summed E-state index contributed by atoms with van der Waals surface area (Å²) in [5, 5.41) is 4.67. The van der Waals surface area contributed by atoms with Gasteiger partial charge in [0.25, 0.3) is 0 Å². The first kappa shape index (κ1) is 11.2. The molecule has 0 aliphatic carbocycles. The van der Waals surface area contributed by atoms with Crippen LogP contribution in [0.3, 0.4) is 0 Å². The molecular formula is C14H20N2. The summed E-state index contributed by atoms with van der Waals surface area (Å²) >= 11 is 0. The third-order valence-corrected chi connectivity index (χ3v) is 3.23. The number of hydrogen-bond acceptors (Lipinski definition) is 1. The van der Waals surface area contributed by atoms with Gasteiger partial charge < -0.3 is 9.88 Å². The van der Waals surface area contributed by atoms with E-state index in [0.29, 0.717) is 12.1 Å². The molecule has 2 heteroatoms. The van der Waals surface area contributed by atoms with Crippen LogP contribution in [0.2, 0.25) is 0 Å². The lowest BCUT2D eigenvalue weighted by Gasteiger charge is -2.09. The summed E-state index contributed by atoms with van der Waals surface area (Å²) in [5.74, 6) is 0. The van der Waals surface area contributed by atoms with Crippen molar-refractivity contribution in [1.29, 1.82) is 0 Å². The third-order valence-electron chi connectivity index (χ3n) is 3.23. The quantitative estimate of drug-likeness (QED) is 0.831. The molecule has 1 unspecified atom stereocenters. The summed E-state index contributed by atoms with van der Waals surface area (Å²) in [6, 6.07) is 9.51. The van der Waals surface area contributed by atoms with Crippen LogP contribution >= 0.6 is 0 Å². The van der Waals surface area contributed by atoms with Crippen molar-refractivity contribution in [3.8, 4) is 0 Å². The average molecular weight is 216 g/mol. The Morgan fingerprint density at radius 1 is 1.12 bits per heavy atom. The molecule has 2 aromatic rings. The molecule has 0 saturated heterocycles. The summed E-state index contributed by atoms with van der Waals surface area (Å²) in [5.41, 5.74) is 2.71. The molecule has 0 radical (unpaired) electrons. The molecule has 0 bridgehead atoms. The number of aromatic nitrogens is 1. The molecule has 0 aliphatic rings. The SMILES string of the molecule is CNC(C)c1cn(C(C)C)c2ccccc12. The van der Waals surface area contributed by atoms with Crippen LogP contribution in [0.25, 0.3) is 10.9 Å². The molecule has 1 aromatic heterocycles. The summed E-state index contributed by atoms with van der Waals surface area (Å²) < 4.78 is 2.35. The van der Waals surface area contributed by atoms with Gasteiger partial charge >= 0.3 is 0 Å². The van der Waals surface area contributed by atoms with Gasteiger partial charge in [0.15, 0.2) is 0 Å². The molecular weight excluding hydrogens is 196 g/mol. The van der Waals surface area contributed by atoms with Gasteiger partial charge in [0.1, 0.15) is 0 Å². The van der Waals surface area contributed by atoms with Crippen LogP contribution in [0, 0.1) is 0 Å². The first-order valence-electron chi connectivity index (χ1n) is 5.92. The number of fused-ring (bicyclic) bond motifs is 1. The molecule has 0 fully saturated rings. The maximum atomic E-state index is 3.31. The summed E-state index contributed by atoms with van der Waals surface area (Å²) in [6.45, 7) is 6.65. The molecule has 0 amide bonds. The van der Waals surface area contributed by atoms with Gasteiger partial charge in [0.2, 0.25) is 0 Å². The smallest absolute Gasteiger partial charge is 0.0486 e. The van der Waals surface area contributed by atoms with Crippen LogP contribution in [-0.2, 0) is 0 Å². The maximum Gasteiger partial charge on any atom is 0.0486 e. The minimum absolute atomic E-state index is 0.393.